The van der Waals surface area contributed by atoms with Gasteiger partial charge in [0.1, 0.15) is 6.54 Å². The fourth-order valence-electron chi connectivity index (χ4n) is 1.84. The first-order chi connectivity index (χ1) is 11.0. The zero-order chi connectivity index (χ0) is 16.8. The summed E-state index contributed by atoms with van der Waals surface area (Å²) in [7, 11) is 0. The van der Waals surface area contributed by atoms with Crippen LogP contribution in [-0.4, -0.2) is 44.6 Å². The van der Waals surface area contributed by atoms with Crippen LogP contribution in [0.3, 0.4) is 0 Å². The Hall–Kier alpha value is -3.23. The summed E-state index contributed by atoms with van der Waals surface area (Å²) < 4.78 is 5.86. The van der Waals surface area contributed by atoms with Crippen molar-refractivity contribution in [3.63, 3.8) is 0 Å². The van der Waals surface area contributed by atoms with Crippen LogP contribution in [0.15, 0.2) is 30.5 Å². The Bertz CT molecular complexity index is 740. The van der Waals surface area contributed by atoms with Gasteiger partial charge in [-0.15, -0.1) is 5.10 Å². The number of aromatic carboxylic acids is 1. The number of ether oxygens (including phenoxy) is 1. The normalized spacial score (nSPS) is 10.1. The number of benzene rings is 1. The number of carbonyl (C=O) groups is 3. The molecule has 0 aliphatic carbocycles. The van der Waals surface area contributed by atoms with E-state index in [4.69, 9.17) is 9.84 Å². The number of hydrogen-bond donors (Lipinski definition) is 2. The van der Waals surface area contributed by atoms with Crippen LogP contribution in [0.2, 0.25) is 0 Å². The van der Waals surface area contributed by atoms with Crippen molar-refractivity contribution in [2.45, 2.75) is 13.5 Å². The number of esters is 1. The van der Waals surface area contributed by atoms with Crippen molar-refractivity contribution in [1.82, 2.24) is 15.0 Å². The van der Waals surface area contributed by atoms with Gasteiger partial charge in [-0.2, -0.15) is 0 Å². The van der Waals surface area contributed by atoms with Crippen LogP contribution >= 0.6 is 0 Å². The number of carboxylic acid groups (broad SMARTS) is 1. The van der Waals surface area contributed by atoms with E-state index in [-0.39, 0.29) is 30.1 Å². The summed E-state index contributed by atoms with van der Waals surface area (Å²) in [6.45, 7) is 1.54. The third kappa shape index (κ3) is 3.90. The Morgan fingerprint density at radius 2 is 2.04 bits per heavy atom. The minimum Gasteiger partial charge on any atom is -0.476 e. The SMILES string of the molecule is CCOC(=O)c1ccccc1NC(=O)Cn1nncc1C(=O)O. The summed E-state index contributed by atoms with van der Waals surface area (Å²) in [5.74, 6) is -2.35. The predicted molar refractivity (Wildman–Crippen MR) is 78.0 cm³/mol. The molecule has 120 valence electrons. The Labute approximate surface area is 130 Å². The number of rotatable bonds is 6. The highest BCUT2D eigenvalue weighted by atomic mass is 16.5. The van der Waals surface area contributed by atoms with E-state index in [1.165, 1.54) is 6.07 Å². The van der Waals surface area contributed by atoms with Crippen molar-refractivity contribution >= 4 is 23.5 Å². The van der Waals surface area contributed by atoms with E-state index in [1.807, 2.05) is 0 Å². The van der Waals surface area contributed by atoms with Crippen LogP contribution in [0.25, 0.3) is 0 Å². The molecule has 0 radical (unpaired) electrons. The summed E-state index contributed by atoms with van der Waals surface area (Å²) >= 11 is 0. The van der Waals surface area contributed by atoms with Crippen LogP contribution in [0, 0.1) is 0 Å². The van der Waals surface area contributed by atoms with Crippen LogP contribution in [0.1, 0.15) is 27.8 Å². The van der Waals surface area contributed by atoms with Gasteiger partial charge in [-0.1, -0.05) is 17.3 Å². The fourth-order valence-corrected chi connectivity index (χ4v) is 1.84. The van der Waals surface area contributed by atoms with E-state index >= 15 is 0 Å². The maximum atomic E-state index is 12.0. The lowest BCUT2D eigenvalue weighted by Crippen LogP contribution is -2.23. The first-order valence-electron chi connectivity index (χ1n) is 6.70. The molecule has 2 rings (SSSR count). The zero-order valence-electron chi connectivity index (χ0n) is 12.2. The van der Waals surface area contributed by atoms with E-state index in [9.17, 15) is 14.4 Å². The molecular weight excluding hydrogens is 304 g/mol. The van der Waals surface area contributed by atoms with Crippen LogP contribution in [0.5, 0.6) is 0 Å². The third-order valence-corrected chi connectivity index (χ3v) is 2.83. The molecule has 9 heteroatoms. The molecule has 0 unspecified atom stereocenters. The van der Waals surface area contributed by atoms with Crippen LogP contribution in [0.4, 0.5) is 5.69 Å². The van der Waals surface area contributed by atoms with Crippen molar-refractivity contribution in [3.8, 4) is 0 Å². The summed E-state index contributed by atoms with van der Waals surface area (Å²) in [5.41, 5.74) is 0.270. The average molecular weight is 318 g/mol. The van der Waals surface area contributed by atoms with Crippen molar-refractivity contribution in [3.05, 3.63) is 41.7 Å². The number of aromatic nitrogens is 3. The van der Waals surface area contributed by atoms with E-state index in [1.54, 1.807) is 25.1 Å². The van der Waals surface area contributed by atoms with Gasteiger partial charge in [0.05, 0.1) is 24.1 Å². The number of amides is 1. The highest BCUT2D eigenvalue weighted by Crippen LogP contribution is 2.16. The van der Waals surface area contributed by atoms with Crippen molar-refractivity contribution < 1.29 is 24.2 Å². The number of carboxylic acids is 1. The quantitative estimate of drug-likeness (QED) is 0.755. The fraction of sp³-hybridized carbons (Fsp3) is 0.214. The molecule has 2 aromatic rings. The molecule has 9 nitrogen and oxygen atoms in total. The smallest absolute Gasteiger partial charge is 0.355 e. The molecule has 0 aliphatic heterocycles. The first-order valence-corrected chi connectivity index (χ1v) is 6.70. The van der Waals surface area contributed by atoms with Crippen molar-refractivity contribution in [2.75, 3.05) is 11.9 Å². The van der Waals surface area contributed by atoms with Gasteiger partial charge >= 0.3 is 11.9 Å². The monoisotopic (exact) mass is 318 g/mol. The molecule has 1 aromatic carbocycles. The van der Waals surface area contributed by atoms with E-state index < -0.39 is 17.8 Å². The topological polar surface area (TPSA) is 123 Å². The molecule has 0 spiro atoms. The van der Waals surface area contributed by atoms with Gasteiger partial charge in [-0.05, 0) is 19.1 Å². The lowest BCUT2D eigenvalue weighted by atomic mass is 10.2. The Balaban J connectivity index is 2.13. The van der Waals surface area contributed by atoms with Gasteiger partial charge in [0.25, 0.3) is 0 Å². The van der Waals surface area contributed by atoms with Crippen molar-refractivity contribution in [1.29, 1.82) is 0 Å². The molecule has 0 aliphatic rings. The lowest BCUT2D eigenvalue weighted by molar-refractivity contribution is -0.116. The van der Waals surface area contributed by atoms with Crippen LogP contribution < -0.4 is 5.32 Å². The summed E-state index contributed by atoms with van der Waals surface area (Å²) in [6.07, 6.45) is 1.04. The standard InChI is InChI=1S/C14H14N4O5/c1-2-23-14(22)9-5-3-4-6-10(9)16-12(19)8-18-11(13(20)21)7-15-17-18/h3-7H,2,8H2,1H3,(H,16,19)(H,20,21). The first kappa shape index (κ1) is 16.1. The molecule has 0 fully saturated rings. The molecule has 0 saturated heterocycles. The minimum absolute atomic E-state index is 0.208. The Kier molecular flexibility index (Phi) is 5.03. The minimum atomic E-state index is -1.24. The highest BCUT2D eigenvalue weighted by molar-refractivity contribution is 6.01. The van der Waals surface area contributed by atoms with Crippen molar-refractivity contribution in [2.24, 2.45) is 0 Å². The molecule has 0 saturated carbocycles. The lowest BCUT2D eigenvalue weighted by Gasteiger charge is -2.10. The molecule has 0 bridgehead atoms. The van der Waals surface area contributed by atoms with Crippen LogP contribution in [-0.2, 0) is 16.1 Å². The largest absolute Gasteiger partial charge is 0.476 e. The number of nitrogens with zero attached hydrogens (tertiary/aromatic N) is 3. The van der Waals surface area contributed by atoms with Gasteiger partial charge in [0.2, 0.25) is 5.91 Å². The summed E-state index contributed by atoms with van der Waals surface area (Å²) in [6, 6.07) is 6.35. The Morgan fingerprint density at radius 3 is 2.74 bits per heavy atom. The second kappa shape index (κ2) is 7.16. The van der Waals surface area contributed by atoms with E-state index in [0.717, 1.165) is 10.9 Å². The van der Waals surface area contributed by atoms with Gasteiger partial charge in [0.15, 0.2) is 5.69 Å². The second-order valence-electron chi connectivity index (χ2n) is 4.40. The number of para-hydroxylation sites is 1. The average Bonchev–Trinajstić information content (AvgIpc) is 2.96. The predicted octanol–water partition coefficient (Wildman–Crippen LogP) is 0.792. The molecule has 1 aromatic heterocycles. The highest BCUT2D eigenvalue weighted by Gasteiger charge is 2.17. The second-order valence-corrected chi connectivity index (χ2v) is 4.40. The van der Waals surface area contributed by atoms with Gasteiger partial charge in [-0.3, -0.25) is 4.79 Å². The molecule has 2 N–H and O–H groups in total. The number of nitrogens with one attached hydrogen (secondary N) is 1. The third-order valence-electron chi connectivity index (χ3n) is 2.83. The Morgan fingerprint density at radius 1 is 1.30 bits per heavy atom. The maximum Gasteiger partial charge on any atom is 0.355 e. The van der Waals surface area contributed by atoms with E-state index in [2.05, 4.69) is 15.6 Å². The summed E-state index contributed by atoms with van der Waals surface area (Å²) in [5, 5.41) is 18.5. The van der Waals surface area contributed by atoms with E-state index in [0.29, 0.717) is 0 Å². The summed E-state index contributed by atoms with van der Waals surface area (Å²) in [4.78, 5) is 34.8. The van der Waals surface area contributed by atoms with Gasteiger partial charge in [-0.25, -0.2) is 14.3 Å². The van der Waals surface area contributed by atoms with Gasteiger partial charge in [0, 0.05) is 0 Å². The number of hydrogen-bond acceptors (Lipinski definition) is 6. The molecule has 23 heavy (non-hydrogen) atoms. The molecule has 1 amide bonds. The van der Waals surface area contributed by atoms with Gasteiger partial charge < -0.3 is 15.2 Å². The zero-order valence-corrected chi connectivity index (χ0v) is 12.2. The molecule has 0 atom stereocenters. The molecule has 1 heterocycles. The number of carbonyl (C=O) groups excluding carboxylic acids is 2. The maximum absolute atomic E-state index is 12.0. The molecular formula is C14H14N4O5. The number of anilines is 1.